The first-order valence-corrected chi connectivity index (χ1v) is 6.93. The van der Waals surface area contributed by atoms with Crippen molar-refractivity contribution in [2.75, 3.05) is 11.9 Å². The maximum atomic E-state index is 11.3. The highest BCUT2D eigenvalue weighted by Crippen LogP contribution is 2.41. The molecule has 20 heavy (non-hydrogen) atoms. The second kappa shape index (κ2) is 5.35. The van der Waals surface area contributed by atoms with E-state index in [1.807, 2.05) is 0 Å². The second-order valence-electron chi connectivity index (χ2n) is 4.98. The summed E-state index contributed by atoms with van der Waals surface area (Å²) in [6.07, 6.45) is 3.36. The van der Waals surface area contributed by atoms with Gasteiger partial charge in [0, 0.05) is 12.1 Å². The Kier molecular flexibility index (Phi) is 3.94. The number of carboxylic acid groups (broad SMARTS) is 1. The summed E-state index contributed by atoms with van der Waals surface area (Å²) in [5.74, 6) is -0.383. The lowest BCUT2D eigenvalue weighted by Gasteiger charge is -2.37. The van der Waals surface area contributed by atoms with E-state index in [1.165, 1.54) is 6.20 Å². The van der Waals surface area contributed by atoms with Gasteiger partial charge in [-0.2, -0.15) is 0 Å². The van der Waals surface area contributed by atoms with Gasteiger partial charge in [-0.25, -0.2) is 4.98 Å². The van der Waals surface area contributed by atoms with Crippen molar-refractivity contribution in [3.05, 3.63) is 26.3 Å². The van der Waals surface area contributed by atoms with Crippen LogP contribution in [0, 0.1) is 22.5 Å². The van der Waals surface area contributed by atoms with Gasteiger partial charge in [-0.3, -0.25) is 14.9 Å². The number of aromatic nitrogens is 1. The molecule has 1 heterocycles. The highest BCUT2D eigenvalue weighted by molar-refractivity contribution is 9.10. The highest BCUT2D eigenvalue weighted by Gasteiger charge is 2.44. The van der Waals surface area contributed by atoms with Crippen molar-refractivity contribution < 1.29 is 14.8 Å². The third-order valence-electron chi connectivity index (χ3n) is 3.79. The first-order valence-electron chi connectivity index (χ1n) is 6.14. The van der Waals surface area contributed by atoms with E-state index >= 15 is 0 Å². The molecule has 0 spiro atoms. The van der Waals surface area contributed by atoms with E-state index in [1.54, 1.807) is 6.92 Å². The number of nitro groups is 1. The Labute approximate surface area is 123 Å². The minimum absolute atomic E-state index is 0.0704. The molecule has 8 heteroatoms. The van der Waals surface area contributed by atoms with Gasteiger partial charge in [-0.15, -0.1) is 0 Å². The lowest BCUT2D eigenvalue weighted by atomic mass is 9.69. The standard InChI is InChI=1S/C12H14BrN3O4/c1-7-8(16(19)20)5-14-10(9(7)13)15-6-12(11(17)18)3-2-4-12/h5H,2-4,6H2,1H3,(H,14,15)(H,17,18). The fourth-order valence-corrected chi connectivity index (χ4v) is 2.64. The molecule has 0 aromatic carbocycles. The fraction of sp³-hybridized carbons (Fsp3) is 0.500. The van der Waals surface area contributed by atoms with Gasteiger partial charge in [-0.1, -0.05) is 6.42 Å². The number of anilines is 1. The minimum Gasteiger partial charge on any atom is -0.481 e. The molecule has 0 radical (unpaired) electrons. The van der Waals surface area contributed by atoms with Crippen LogP contribution < -0.4 is 5.32 Å². The number of carboxylic acids is 1. The maximum Gasteiger partial charge on any atom is 0.311 e. The van der Waals surface area contributed by atoms with Crippen molar-refractivity contribution in [2.45, 2.75) is 26.2 Å². The first kappa shape index (κ1) is 14.7. The molecule has 0 amide bonds. The van der Waals surface area contributed by atoms with Gasteiger partial charge in [0.1, 0.15) is 12.0 Å². The van der Waals surface area contributed by atoms with E-state index in [4.69, 9.17) is 0 Å². The van der Waals surface area contributed by atoms with Crippen LogP contribution in [0.1, 0.15) is 24.8 Å². The predicted molar refractivity (Wildman–Crippen MR) is 75.7 cm³/mol. The molecule has 0 atom stereocenters. The third-order valence-corrected chi connectivity index (χ3v) is 4.76. The smallest absolute Gasteiger partial charge is 0.311 e. The number of pyridine rings is 1. The zero-order chi connectivity index (χ0) is 14.9. The zero-order valence-electron chi connectivity index (χ0n) is 10.9. The average molecular weight is 344 g/mol. The first-order chi connectivity index (χ1) is 9.37. The van der Waals surface area contributed by atoms with Crippen LogP contribution >= 0.6 is 15.9 Å². The molecule has 1 aliphatic rings. The van der Waals surface area contributed by atoms with Crippen molar-refractivity contribution >= 4 is 33.4 Å². The summed E-state index contributed by atoms with van der Waals surface area (Å²) in [6.45, 7) is 1.89. The Hall–Kier alpha value is -1.70. The van der Waals surface area contributed by atoms with Gasteiger partial charge in [-0.05, 0) is 35.7 Å². The molecular weight excluding hydrogens is 330 g/mol. The number of hydrogen-bond acceptors (Lipinski definition) is 5. The Morgan fingerprint density at radius 1 is 1.65 bits per heavy atom. The second-order valence-corrected chi connectivity index (χ2v) is 5.77. The molecular formula is C12H14BrN3O4. The zero-order valence-corrected chi connectivity index (χ0v) is 12.4. The number of nitrogens with one attached hydrogen (secondary N) is 1. The van der Waals surface area contributed by atoms with E-state index in [0.29, 0.717) is 28.7 Å². The number of nitrogens with zero attached hydrogens (tertiary/aromatic N) is 2. The van der Waals surface area contributed by atoms with E-state index in [2.05, 4.69) is 26.2 Å². The summed E-state index contributed by atoms with van der Waals surface area (Å²) in [5.41, 5.74) is -0.346. The van der Waals surface area contributed by atoms with Gasteiger partial charge in [0.15, 0.2) is 0 Å². The van der Waals surface area contributed by atoms with Crippen molar-refractivity contribution in [1.82, 2.24) is 4.98 Å². The monoisotopic (exact) mass is 343 g/mol. The normalized spacial score (nSPS) is 16.3. The molecule has 2 rings (SSSR count). The summed E-state index contributed by atoms with van der Waals surface area (Å²) >= 11 is 3.27. The summed E-state index contributed by atoms with van der Waals surface area (Å²) in [5, 5.41) is 23.0. The lowest BCUT2D eigenvalue weighted by molar-refractivity contribution is -0.385. The molecule has 1 aliphatic carbocycles. The van der Waals surface area contributed by atoms with Crippen LogP contribution in [0.3, 0.4) is 0 Å². The maximum absolute atomic E-state index is 11.3. The molecule has 1 aromatic heterocycles. The Morgan fingerprint density at radius 3 is 2.75 bits per heavy atom. The van der Waals surface area contributed by atoms with E-state index in [0.717, 1.165) is 6.42 Å². The highest BCUT2D eigenvalue weighted by atomic mass is 79.9. The van der Waals surface area contributed by atoms with Crippen LogP contribution in [0.15, 0.2) is 10.7 Å². The molecule has 1 aromatic rings. The van der Waals surface area contributed by atoms with Crippen molar-refractivity contribution in [3.63, 3.8) is 0 Å². The molecule has 1 saturated carbocycles. The molecule has 0 saturated heterocycles. The number of carbonyl (C=O) groups is 1. The average Bonchev–Trinajstić information content (AvgIpc) is 2.32. The SMILES string of the molecule is Cc1c([N+](=O)[O-])cnc(NCC2(C(=O)O)CCC2)c1Br. The van der Waals surface area contributed by atoms with Crippen LogP contribution in [-0.2, 0) is 4.79 Å². The van der Waals surface area contributed by atoms with Gasteiger partial charge in [0.25, 0.3) is 5.69 Å². The van der Waals surface area contributed by atoms with Gasteiger partial charge in [0.2, 0.25) is 0 Å². The molecule has 7 nitrogen and oxygen atoms in total. The van der Waals surface area contributed by atoms with Crippen molar-refractivity contribution in [3.8, 4) is 0 Å². The van der Waals surface area contributed by atoms with E-state index < -0.39 is 16.3 Å². The fourth-order valence-electron chi connectivity index (χ4n) is 2.20. The lowest BCUT2D eigenvalue weighted by Crippen LogP contribution is -2.43. The van der Waals surface area contributed by atoms with Crippen LogP contribution in [0.2, 0.25) is 0 Å². The number of hydrogen-bond donors (Lipinski definition) is 2. The molecule has 2 N–H and O–H groups in total. The van der Waals surface area contributed by atoms with Gasteiger partial charge >= 0.3 is 5.97 Å². The van der Waals surface area contributed by atoms with Crippen molar-refractivity contribution in [2.24, 2.45) is 5.41 Å². The Morgan fingerprint density at radius 2 is 2.30 bits per heavy atom. The van der Waals surface area contributed by atoms with Gasteiger partial charge in [0.05, 0.1) is 14.8 Å². The summed E-state index contributed by atoms with van der Waals surface area (Å²) < 4.78 is 0.492. The van der Waals surface area contributed by atoms with E-state index in [9.17, 15) is 20.0 Å². The topological polar surface area (TPSA) is 105 Å². The predicted octanol–water partition coefficient (Wildman–Crippen LogP) is 2.73. The largest absolute Gasteiger partial charge is 0.481 e. The van der Waals surface area contributed by atoms with Crippen LogP contribution in [-0.4, -0.2) is 27.5 Å². The summed E-state index contributed by atoms with van der Waals surface area (Å²) in [4.78, 5) is 25.5. The number of aliphatic carboxylic acids is 1. The molecule has 1 fully saturated rings. The molecule has 0 aliphatic heterocycles. The molecule has 0 unspecified atom stereocenters. The molecule has 108 valence electrons. The van der Waals surface area contributed by atoms with Crippen LogP contribution in [0.5, 0.6) is 0 Å². The van der Waals surface area contributed by atoms with Crippen LogP contribution in [0.25, 0.3) is 0 Å². The van der Waals surface area contributed by atoms with E-state index in [-0.39, 0.29) is 12.2 Å². The number of rotatable bonds is 5. The molecule has 0 bridgehead atoms. The summed E-state index contributed by atoms with van der Waals surface area (Å²) in [7, 11) is 0. The summed E-state index contributed by atoms with van der Waals surface area (Å²) in [6, 6.07) is 0. The van der Waals surface area contributed by atoms with Gasteiger partial charge < -0.3 is 10.4 Å². The number of halogens is 1. The third kappa shape index (κ3) is 2.47. The van der Waals surface area contributed by atoms with Crippen LogP contribution in [0.4, 0.5) is 11.5 Å². The van der Waals surface area contributed by atoms with Crippen molar-refractivity contribution in [1.29, 1.82) is 0 Å². The quantitative estimate of drug-likeness (QED) is 0.628. The Balaban J connectivity index is 2.17. The minimum atomic E-state index is -0.814. The Bertz CT molecular complexity index is 572.